The van der Waals surface area contributed by atoms with Crippen molar-refractivity contribution in [3.05, 3.63) is 127 Å². The van der Waals surface area contributed by atoms with E-state index in [1.807, 2.05) is 36.4 Å². The maximum atomic E-state index is 11.3. The van der Waals surface area contributed by atoms with E-state index in [9.17, 15) is 19.8 Å². The number of hydrazone groups is 2. The number of carbonyl (C=O) groups is 2. The summed E-state index contributed by atoms with van der Waals surface area (Å²) in [6, 6.07) is 19.5. The van der Waals surface area contributed by atoms with Crippen LogP contribution < -0.4 is 33.0 Å². The van der Waals surface area contributed by atoms with Crippen LogP contribution in [0.25, 0.3) is 9.69 Å². The Balaban J connectivity index is 0.000000144. The van der Waals surface area contributed by atoms with Gasteiger partial charge in [0.05, 0.1) is 59.4 Å². The zero-order valence-electron chi connectivity index (χ0n) is 43.0. The number of aromatic carboxylic acids is 2. The molecule has 4 saturated carbocycles. The summed E-state index contributed by atoms with van der Waals surface area (Å²) in [5, 5.41) is 33.8. The number of aromatic nitrogens is 2. The van der Waals surface area contributed by atoms with E-state index in [1.54, 1.807) is 24.3 Å². The predicted octanol–water partition coefficient (Wildman–Crippen LogP) is 11.1. The highest BCUT2D eigenvalue weighted by atomic mass is 35.5. The highest BCUT2D eigenvalue weighted by Crippen LogP contribution is 2.47. The van der Waals surface area contributed by atoms with Gasteiger partial charge >= 0.3 is 11.9 Å². The fraction of sp³-hybridized carbons (Fsp3) is 0.517. The minimum Gasteiger partial charge on any atom is -0.477 e. The van der Waals surface area contributed by atoms with Crippen LogP contribution in [0.3, 0.4) is 0 Å². The summed E-state index contributed by atoms with van der Waals surface area (Å²) in [6.07, 6.45) is 22.7. The number of carboxylic acid groups (broad SMARTS) is 2. The third kappa shape index (κ3) is 11.9. The number of fused-ring (bicyclic) bond motifs is 6. The Morgan fingerprint density at radius 2 is 0.855 bits per heavy atom. The number of hydrogen-bond acceptors (Lipinski definition) is 12. The van der Waals surface area contributed by atoms with Gasteiger partial charge in [-0.1, -0.05) is 86.7 Å². The summed E-state index contributed by atoms with van der Waals surface area (Å²) in [7, 11) is 0. The molecule has 8 aliphatic rings. The minimum atomic E-state index is -1.01. The Bertz CT molecular complexity index is 2710. The quantitative estimate of drug-likeness (QED) is 0.0988. The number of benzene rings is 2. The number of hydrogen-bond donors (Lipinski definition) is 6. The smallest absolute Gasteiger partial charge is 0.354 e. The monoisotopic (exact) mass is 1070 g/mol. The van der Waals surface area contributed by atoms with Gasteiger partial charge in [0.1, 0.15) is 11.4 Å². The lowest BCUT2D eigenvalue weighted by molar-refractivity contribution is 0.0679. The molecule has 0 radical (unpaired) electrons. The van der Waals surface area contributed by atoms with E-state index < -0.39 is 11.9 Å². The van der Waals surface area contributed by atoms with Gasteiger partial charge in [0, 0.05) is 57.2 Å². The van der Waals surface area contributed by atoms with Crippen LogP contribution in [0.5, 0.6) is 0 Å². The van der Waals surface area contributed by atoms with Gasteiger partial charge in [-0.15, -0.1) is 0 Å². The molecule has 18 heteroatoms. The van der Waals surface area contributed by atoms with Gasteiger partial charge in [0.15, 0.2) is 0 Å². The number of nitrogens with zero attached hydrogens (tertiary/aromatic N) is 8. The maximum absolute atomic E-state index is 11.3. The molecular weight excluding hydrogens is 1000 g/mol. The molecule has 2 aliphatic heterocycles. The van der Waals surface area contributed by atoms with Crippen LogP contribution in [-0.2, 0) is 12.8 Å². The van der Waals surface area contributed by atoms with Gasteiger partial charge in [-0.3, -0.25) is 10.0 Å². The Morgan fingerprint density at radius 3 is 1.16 bits per heavy atom. The second-order valence-electron chi connectivity index (χ2n) is 21.7. The van der Waals surface area contributed by atoms with E-state index in [-0.39, 0.29) is 59.5 Å². The third-order valence-electron chi connectivity index (χ3n) is 17.0. The van der Waals surface area contributed by atoms with E-state index in [0.717, 1.165) is 96.7 Å². The zero-order chi connectivity index (χ0) is 53.6. The minimum absolute atomic E-state index is 0.0801. The van der Waals surface area contributed by atoms with Crippen LogP contribution in [0.2, 0.25) is 10.0 Å². The topological polar surface area (TPSA) is 244 Å². The van der Waals surface area contributed by atoms with Crippen molar-refractivity contribution in [2.45, 2.75) is 165 Å². The molecule has 0 saturated heterocycles. The summed E-state index contributed by atoms with van der Waals surface area (Å²) in [6.45, 7) is 14.5. The molecule has 76 heavy (non-hydrogen) atoms. The molecule has 0 amide bonds. The largest absolute Gasteiger partial charge is 0.477 e. The Labute approximate surface area is 455 Å². The number of aryl methyl sites for hydroxylation is 2. The molecular formula is C58H70Cl2N12O4. The molecule has 12 rings (SSSR count). The number of pyridine rings is 2. The van der Waals surface area contributed by atoms with E-state index in [0.29, 0.717) is 33.3 Å². The maximum Gasteiger partial charge on any atom is 0.354 e. The molecule has 16 nitrogen and oxygen atoms in total. The normalized spacial score (nSPS) is 26.5. The van der Waals surface area contributed by atoms with Crippen LogP contribution in [0.1, 0.15) is 159 Å². The SMILES string of the molecule is N[C@H]1CCCC[C@@H]1N.N[C@H]1CCCC[C@@H]1N.[C-]#[N+]c1ccc(N2N=C3c4ccc(C(=O)O)nc4CCC3C2C2CCCC2)cc1Cl.[C-]#[N+]c1ccc(N2N=C3c4ccc(C(=O)O)nc4CC[C@@H]3[C@@H]2C2CCCC2)cc1Cl. The number of rotatable bonds is 6. The fourth-order valence-electron chi connectivity index (χ4n) is 12.9. The molecule has 0 bridgehead atoms. The molecule has 4 aromatic rings. The second-order valence-corrected chi connectivity index (χ2v) is 22.5. The standard InChI is InChI=1S/2C23H21ClN4O2.2C6H14N2/c2*1-25-19-9-6-14(12-17(19)24)28-22(13-4-2-3-5-13)16-8-10-18-15(21(16)27-28)7-11-20(26-18)23(29)30;2*7-5-3-1-2-4-6(5)8/h2*6-7,9,11-13,16,22H,2-5,8,10H2,(H,29,30);2*5-6H,1-4,7-8H2/t16-,22-;;2*5-,6-/m0.00/s1. The van der Waals surface area contributed by atoms with Gasteiger partial charge in [-0.05, 0) is 137 Å². The number of halogens is 2. The molecule has 2 unspecified atom stereocenters. The molecule has 4 heterocycles. The van der Waals surface area contributed by atoms with Gasteiger partial charge in [-0.25, -0.2) is 29.2 Å². The van der Waals surface area contributed by atoms with Crippen LogP contribution in [0, 0.1) is 36.8 Å². The van der Waals surface area contributed by atoms with Gasteiger partial charge in [0.25, 0.3) is 0 Å². The molecule has 4 fully saturated rings. The highest BCUT2D eigenvalue weighted by Gasteiger charge is 2.47. The Hall–Kier alpha value is -5.98. The zero-order valence-corrected chi connectivity index (χ0v) is 44.6. The molecule has 2 aromatic heterocycles. The summed E-state index contributed by atoms with van der Waals surface area (Å²) in [5.41, 5.74) is 31.0. The van der Waals surface area contributed by atoms with Crippen molar-refractivity contribution in [1.29, 1.82) is 0 Å². The van der Waals surface area contributed by atoms with Crippen LogP contribution >= 0.6 is 23.2 Å². The van der Waals surface area contributed by atoms with E-state index in [2.05, 4.69) is 29.7 Å². The first-order chi connectivity index (χ1) is 36.7. The molecule has 0 spiro atoms. The summed E-state index contributed by atoms with van der Waals surface area (Å²) >= 11 is 12.7. The summed E-state index contributed by atoms with van der Waals surface area (Å²) in [4.78, 5) is 38.3. The van der Waals surface area contributed by atoms with E-state index >= 15 is 0 Å². The van der Waals surface area contributed by atoms with E-state index in [1.165, 1.54) is 77.0 Å². The van der Waals surface area contributed by atoms with Crippen molar-refractivity contribution in [3.8, 4) is 0 Å². The fourth-order valence-corrected chi connectivity index (χ4v) is 13.4. The Kier molecular flexibility index (Phi) is 17.7. The first kappa shape index (κ1) is 54.8. The van der Waals surface area contributed by atoms with Crippen molar-refractivity contribution in [2.24, 2.45) is 56.8 Å². The van der Waals surface area contributed by atoms with Gasteiger partial charge < -0.3 is 33.1 Å². The van der Waals surface area contributed by atoms with Crippen molar-refractivity contribution in [1.82, 2.24) is 9.97 Å². The molecule has 10 N–H and O–H groups in total. The third-order valence-corrected chi connectivity index (χ3v) is 17.6. The predicted molar refractivity (Wildman–Crippen MR) is 300 cm³/mol. The van der Waals surface area contributed by atoms with Crippen molar-refractivity contribution < 1.29 is 19.8 Å². The van der Waals surface area contributed by atoms with E-state index in [4.69, 9.17) is 69.5 Å². The van der Waals surface area contributed by atoms with Crippen LogP contribution in [0.15, 0.2) is 70.9 Å². The lowest BCUT2D eigenvalue weighted by Gasteiger charge is -2.34. The average Bonchev–Trinajstić information content (AvgIpc) is 4.31. The molecule has 6 aliphatic carbocycles. The molecule has 2 aromatic carbocycles. The van der Waals surface area contributed by atoms with Crippen LogP contribution in [-0.4, -0.2) is 79.8 Å². The molecule has 8 atom stereocenters. The average molecular weight is 1070 g/mol. The number of carboxylic acids is 2. The number of nitrogens with two attached hydrogens (primary N) is 4. The van der Waals surface area contributed by atoms with Crippen molar-refractivity contribution in [2.75, 3.05) is 10.0 Å². The van der Waals surface area contributed by atoms with Crippen molar-refractivity contribution in [3.63, 3.8) is 0 Å². The summed E-state index contributed by atoms with van der Waals surface area (Å²) < 4.78 is 0. The number of anilines is 2. The second kappa shape index (κ2) is 24.6. The highest BCUT2D eigenvalue weighted by molar-refractivity contribution is 6.34. The lowest BCUT2D eigenvalue weighted by atomic mass is 9.76. The summed E-state index contributed by atoms with van der Waals surface area (Å²) in [5.74, 6) is -0.317. The van der Waals surface area contributed by atoms with Gasteiger partial charge in [0.2, 0.25) is 11.4 Å². The Morgan fingerprint density at radius 1 is 0.513 bits per heavy atom. The first-order valence-corrected chi connectivity index (χ1v) is 28.1. The van der Waals surface area contributed by atoms with Crippen molar-refractivity contribution >= 4 is 69.3 Å². The molecule has 400 valence electrons. The first-order valence-electron chi connectivity index (χ1n) is 27.3. The lowest BCUT2D eigenvalue weighted by Crippen LogP contribution is -2.43. The van der Waals surface area contributed by atoms with Crippen LogP contribution in [0.4, 0.5) is 22.7 Å². The van der Waals surface area contributed by atoms with Gasteiger partial charge in [-0.2, -0.15) is 10.2 Å².